The first kappa shape index (κ1) is 15.8. The van der Waals surface area contributed by atoms with Gasteiger partial charge in [-0.05, 0) is 37.0 Å². The van der Waals surface area contributed by atoms with Crippen molar-refractivity contribution >= 4 is 21.6 Å². The Kier molecular flexibility index (Phi) is 5.07. The summed E-state index contributed by atoms with van der Waals surface area (Å²) in [5.74, 6) is 0. The van der Waals surface area contributed by atoms with Gasteiger partial charge in [-0.2, -0.15) is 4.31 Å². The van der Waals surface area contributed by atoms with Crippen molar-refractivity contribution < 1.29 is 8.42 Å². The molecule has 6 heteroatoms. The number of aryl methyl sites for hydroxylation is 1. The lowest BCUT2D eigenvalue weighted by Gasteiger charge is -2.23. The number of halogens is 1. The second-order valence-corrected chi connectivity index (χ2v) is 7.43. The summed E-state index contributed by atoms with van der Waals surface area (Å²) < 4.78 is 27.0. The smallest absolute Gasteiger partial charge is 0.244 e. The molecule has 1 atom stereocenters. The van der Waals surface area contributed by atoms with Crippen molar-refractivity contribution in [3.8, 4) is 0 Å². The van der Waals surface area contributed by atoms with Crippen LogP contribution in [0.25, 0.3) is 0 Å². The van der Waals surface area contributed by atoms with E-state index in [4.69, 9.17) is 17.3 Å². The molecule has 1 aromatic carbocycles. The van der Waals surface area contributed by atoms with Crippen LogP contribution in [0.1, 0.15) is 31.7 Å². The lowest BCUT2D eigenvalue weighted by molar-refractivity contribution is 0.393. The maximum Gasteiger partial charge on any atom is 0.244 e. The van der Waals surface area contributed by atoms with Gasteiger partial charge in [0.1, 0.15) is 4.90 Å². The highest BCUT2D eigenvalue weighted by molar-refractivity contribution is 7.89. The van der Waals surface area contributed by atoms with Crippen molar-refractivity contribution in [1.29, 1.82) is 0 Å². The van der Waals surface area contributed by atoms with Crippen LogP contribution >= 0.6 is 11.6 Å². The Bertz CT molecular complexity index is 575. The minimum absolute atomic E-state index is 0.106. The highest BCUT2D eigenvalue weighted by Gasteiger charge is 2.35. The van der Waals surface area contributed by atoms with Crippen LogP contribution in [0.5, 0.6) is 0 Å². The number of nitrogens with two attached hydrogens (primary N) is 1. The van der Waals surface area contributed by atoms with E-state index in [2.05, 4.69) is 6.92 Å². The largest absolute Gasteiger partial charge is 0.329 e. The van der Waals surface area contributed by atoms with Crippen molar-refractivity contribution in [2.24, 2.45) is 5.73 Å². The predicted molar refractivity (Wildman–Crippen MR) is 81.4 cm³/mol. The average Bonchev–Trinajstić information content (AvgIpc) is 2.90. The third-order valence-electron chi connectivity index (χ3n) is 3.72. The first-order chi connectivity index (χ1) is 9.50. The van der Waals surface area contributed by atoms with Crippen LogP contribution < -0.4 is 5.73 Å². The second kappa shape index (κ2) is 6.43. The minimum atomic E-state index is -3.55. The Morgan fingerprint density at radius 1 is 1.45 bits per heavy atom. The van der Waals surface area contributed by atoms with Gasteiger partial charge in [-0.25, -0.2) is 8.42 Å². The van der Waals surface area contributed by atoms with Gasteiger partial charge in [0.05, 0.1) is 5.02 Å². The lowest BCUT2D eigenvalue weighted by Crippen LogP contribution is -2.40. The first-order valence-electron chi connectivity index (χ1n) is 7.01. The van der Waals surface area contributed by atoms with Gasteiger partial charge in [-0.15, -0.1) is 0 Å². The lowest BCUT2D eigenvalue weighted by atomic mass is 10.1. The number of hydrogen-bond donors (Lipinski definition) is 1. The van der Waals surface area contributed by atoms with E-state index < -0.39 is 10.0 Å². The Morgan fingerprint density at radius 2 is 2.20 bits per heavy atom. The van der Waals surface area contributed by atoms with Crippen molar-refractivity contribution in [2.75, 3.05) is 13.1 Å². The summed E-state index contributed by atoms with van der Waals surface area (Å²) in [6, 6.07) is 5.15. The molecule has 4 nitrogen and oxygen atoms in total. The van der Waals surface area contributed by atoms with E-state index in [1.54, 1.807) is 12.1 Å². The highest BCUT2D eigenvalue weighted by atomic mass is 35.5. The molecule has 2 rings (SSSR count). The molecular formula is C14H21ClN2O2S. The molecule has 0 amide bonds. The van der Waals surface area contributed by atoms with Crippen molar-refractivity contribution in [3.63, 3.8) is 0 Å². The molecular weight excluding hydrogens is 296 g/mol. The number of sulfonamides is 1. The molecule has 0 aliphatic carbocycles. The van der Waals surface area contributed by atoms with Crippen molar-refractivity contribution in [3.05, 3.63) is 28.8 Å². The summed E-state index contributed by atoms with van der Waals surface area (Å²) in [6.45, 7) is 2.94. The normalized spacial score (nSPS) is 20.4. The number of rotatable bonds is 5. The average molecular weight is 317 g/mol. The van der Waals surface area contributed by atoms with Crippen LogP contribution in [0, 0.1) is 0 Å². The molecule has 20 heavy (non-hydrogen) atoms. The molecule has 1 aromatic rings. The molecule has 0 radical (unpaired) electrons. The molecule has 1 heterocycles. The van der Waals surface area contributed by atoms with E-state index in [9.17, 15) is 8.42 Å². The predicted octanol–water partition coefficient (Wildman–Crippen LogP) is 2.40. The molecule has 2 N–H and O–H groups in total. The van der Waals surface area contributed by atoms with Crippen molar-refractivity contribution in [1.82, 2.24) is 4.31 Å². The summed E-state index contributed by atoms with van der Waals surface area (Å²) in [5, 5.41) is 0.285. The maximum atomic E-state index is 12.8. The standard InChI is InChI=1S/C14H21ClN2O2S/c1-2-4-11-6-7-13(15)14(9-11)20(18,19)17-8-3-5-12(17)10-16/h6-7,9,12H,2-5,8,10,16H2,1H3. The van der Waals surface area contributed by atoms with Gasteiger partial charge >= 0.3 is 0 Å². The van der Waals surface area contributed by atoms with Crippen LogP contribution in [-0.2, 0) is 16.4 Å². The first-order valence-corrected chi connectivity index (χ1v) is 8.82. The SMILES string of the molecule is CCCc1ccc(Cl)c(S(=O)(=O)N2CCCC2CN)c1. The van der Waals surface area contributed by atoms with E-state index in [1.165, 1.54) is 4.31 Å². The Labute approximate surface area is 126 Å². The van der Waals surface area contributed by atoms with E-state index in [0.29, 0.717) is 13.1 Å². The van der Waals surface area contributed by atoms with Crippen LogP contribution in [0.15, 0.2) is 23.1 Å². The molecule has 112 valence electrons. The van der Waals surface area contributed by atoms with Gasteiger partial charge in [0.15, 0.2) is 0 Å². The molecule has 0 bridgehead atoms. The maximum absolute atomic E-state index is 12.8. The number of hydrogen-bond acceptors (Lipinski definition) is 3. The summed E-state index contributed by atoms with van der Waals surface area (Å²) in [7, 11) is -3.55. The second-order valence-electron chi connectivity index (χ2n) is 5.16. The van der Waals surface area contributed by atoms with Gasteiger partial charge in [0.2, 0.25) is 10.0 Å². The van der Waals surface area contributed by atoms with E-state index >= 15 is 0 Å². The summed E-state index contributed by atoms with van der Waals surface area (Å²) in [6.07, 6.45) is 3.49. The van der Waals surface area contributed by atoms with Gasteiger partial charge in [-0.3, -0.25) is 0 Å². The monoisotopic (exact) mass is 316 g/mol. The molecule has 0 aromatic heterocycles. The van der Waals surface area contributed by atoms with Gasteiger partial charge < -0.3 is 5.73 Å². The minimum Gasteiger partial charge on any atom is -0.329 e. The van der Waals surface area contributed by atoms with Crippen LogP contribution in [0.4, 0.5) is 0 Å². The molecule has 1 fully saturated rings. The topological polar surface area (TPSA) is 63.4 Å². The quantitative estimate of drug-likeness (QED) is 0.907. The molecule has 1 aliphatic rings. The Balaban J connectivity index is 2.40. The molecule has 1 aliphatic heterocycles. The van der Waals surface area contributed by atoms with Crippen LogP contribution in [0.3, 0.4) is 0 Å². The van der Waals surface area contributed by atoms with E-state index in [1.807, 2.05) is 6.07 Å². The van der Waals surface area contributed by atoms with Gasteiger partial charge in [0.25, 0.3) is 0 Å². The zero-order valence-corrected chi connectivity index (χ0v) is 13.3. The highest BCUT2D eigenvalue weighted by Crippen LogP contribution is 2.30. The fourth-order valence-electron chi connectivity index (χ4n) is 2.68. The van der Waals surface area contributed by atoms with Gasteiger partial charge in [0, 0.05) is 19.1 Å². The molecule has 1 saturated heterocycles. The fraction of sp³-hybridized carbons (Fsp3) is 0.571. The van der Waals surface area contributed by atoms with E-state index in [0.717, 1.165) is 31.2 Å². The number of nitrogens with zero attached hydrogens (tertiary/aromatic N) is 1. The Hall–Kier alpha value is -0.620. The third kappa shape index (κ3) is 3.01. The summed E-state index contributed by atoms with van der Waals surface area (Å²) in [4.78, 5) is 0.213. The number of benzene rings is 1. The summed E-state index contributed by atoms with van der Waals surface area (Å²) in [5.41, 5.74) is 6.67. The Morgan fingerprint density at radius 3 is 2.85 bits per heavy atom. The van der Waals surface area contributed by atoms with Crippen LogP contribution in [-0.4, -0.2) is 31.9 Å². The third-order valence-corrected chi connectivity index (χ3v) is 6.15. The van der Waals surface area contributed by atoms with E-state index in [-0.39, 0.29) is 16.0 Å². The zero-order valence-electron chi connectivity index (χ0n) is 11.7. The molecule has 1 unspecified atom stereocenters. The molecule has 0 spiro atoms. The van der Waals surface area contributed by atoms with Gasteiger partial charge in [-0.1, -0.05) is 31.0 Å². The fourth-order valence-corrected chi connectivity index (χ4v) is 4.91. The summed E-state index contributed by atoms with van der Waals surface area (Å²) >= 11 is 6.11. The van der Waals surface area contributed by atoms with Crippen molar-refractivity contribution in [2.45, 2.75) is 43.5 Å². The molecule has 0 saturated carbocycles. The van der Waals surface area contributed by atoms with Crippen LogP contribution in [0.2, 0.25) is 5.02 Å². The zero-order chi connectivity index (χ0) is 14.8.